The fourth-order valence-corrected chi connectivity index (χ4v) is 4.68. The first-order valence-electron chi connectivity index (χ1n) is 11.2. The van der Waals surface area contributed by atoms with Crippen LogP contribution >= 0.6 is 0 Å². The number of piperidine rings is 1. The molecule has 4 rings (SSSR count). The predicted octanol–water partition coefficient (Wildman–Crippen LogP) is 2.84. The summed E-state index contributed by atoms with van der Waals surface area (Å²) >= 11 is 0. The molecule has 0 aliphatic carbocycles. The lowest BCUT2D eigenvalue weighted by Gasteiger charge is -2.35. The summed E-state index contributed by atoms with van der Waals surface area (Å²) in [5.41, 5.74) is 2.19. The molecule has 0 saturated carbocycles. The average molecular weight is 413 g/mol. The van der Waals surface area contributed by atoms with E-state index in [1.54, 1.807) is 6.33 Å². The van der Waals surface area contributed by atoms with Gasteiger partial charge in [0, 0.05) is 43.7 Å². The van der Waals surface area contributed by atoms with Crippen molar-refractivity contribution >= 4 is 17.5 Å². The van der Waals surface area contributed by atoms with Gasteiger partial charge in [-0.05, 0) is 31.6 Å². The molecule has 8 nitrogen and oxygen atoms in total. The highest BCUT2D eigenvalue weighted by molar-refractivity contribution is 5.94. The molecule has 1 amide bonds. The standard InChI is InChI=1S/C22H32N6O2/c1-3-4-5-17-13-28(10-11-29)21(25-17)16-6-8-27(9-7-16)22-19-15(2)12-18(30)26-20(19)23-14-24-22/h13-16,29H,3-12H2,1-2H3,(H,23,24,26,30). The topological polar surface area (TPSA) is 96.2 Å². The van der Waals surface area contributed by atoms with E-state index in [1.807, 2.05) is 0 Å². The highest BCUT2D eigenvalue weighted by atomic mass is 16.3. The van der Waals surface area contributed by atoms with Crippen LogP contribution in [0, 0.1) is 0 Å². The number of hydrogen-bond acceptors (Lipinski definition) is 6. The van der Waals surface area contributed by atoms with Gasteiger partial charge in [0.1, 0.15) is 23.8 Å². The molecule has 1 saturated heterocycles. The van der Waals surface area contributed by atoms with Crippen molar-refractivity contribution in [3.8, 4) is 0 Å². The van der Waals surface area contributed by atoms with Crippen LogP contribution in [0.4, 0.5) is 11.6 Å². The quantitative estimate of drug-likeness (QED) is 0.726. The van der Waals surface area contributed by atoms with Crippen molar-refractivity contribution in [2.75, 3.05) is 29.9 Å². The van der Waals surface area contributed by atoms with Crippen LogP contribution in [0.3, 0.4) is 0 Å². The number of amides is 1. The molecule has 2 aromatic rings. The van der Waals surface area contributed by atoms with Crippen molar-refractivity contribution in [3.05, 3.63) is 29.6 Å². The Morgan fingerprint density at radius 1 is 1.27 bits per heavy atom. The van der Waals surface area contributed by atoms with Crippen LogP contribution in [0.2, 0.25) is 0 Å². The molecule has 0 spiro atoms. The van der Waals surface area contributed by atoms with E-state index in [0.29, 0.717) is 24.7 Å². The third-order valence-electron chi connectivity index (χ3n) is 6.25. The van der Waals surface area contributed by atoms with Gasteiger partial charge in [0.2, 0.25) is 5.91 Å². The molecule has 0 radical (unpaired) electrons. The number of aliphatic hydroxyl groups excluding tert-OH is 1. The highest BCUT2D eigenvalue weighted by Crippen LogP contribution is 2.38. The van der Waals surface area contributed by atoms with Gasteiger partial charge in [0.25, 0.3) is 0 Å². The van der Waals surface area contributed by atoms with E-state index in [1.165, 1.54) is 0 Å². The van der Waals surface area contributed by atoms with Crippen molar-refractivity contribution < 1.29 is 9.90 Å². The minimum absolute atomic E-state index is 0.0213. The minimum atomic E-state index is 0.0213. The van der Waals surface area contributed by atoms with Gasteiger partial charge in [-0.15, -0.1) is 0 Å². The summed E-state index contributed by atoms with van der Waals surface area (Å²) in [7, 11) is 0. The lowest BCUT2D eigenvalue weighted by Crippen LogP contribution is -2.36. The van der Waals surface area contributed by atoms with Gasteiger partial charge >= 0.3 is 0 Å². The van der Waals surface area contributed by atoms with Crippen LogP contribution in [-0.4, -0.2) is 50.2 Å². The maximum atomic E-state index is 11.9. The number of unbranched alkanes of at least 4 members (excludes halogenated alkanes) is 1. The number of aryl methyl sites for hydroxylation is 1. The van der Waals surface area contributed by atoms with E-state index >= 15 is 0 Å². The van der Waals surface area contributed by atoms with Gasteiger partial charge < -0.3 is 19.9 Å². The summed E-state index contributed by atoms with van der Waals surface area (Å²) in [6.45, 7) is 6.79. The Labute approximate surface area is 177 Å². The van der Waals surface area contributed by atoms with Crippen LogP contribution in [0.5, 0.6) is 0 Å². The molecule has 4 heterocycles. The number of fused-ring (bicyclic) bond motifs is 1. The molecule has 30 heavy (non-hydrogen) atoms. The third-order valence-corrected chi connectivity index (χ3v) is 6.25. The zero-order valence-electron chi connectivity index (χ0n) is 18.0. The number of nitrogens with zero attached hydrogens (tertiary/aromatic N) is 5. The first-order chi connectivity index (χ1) is 14.6. The maximum absolute atomic E-state index is 11.9. The van der Waals surface area contributed by atoms with Gasteiger partial charge in [0.15, 0.2) is 0 Å². The number of aromatic nitrogens is 4. The SMILES string of the molecule is CCCCc1cn(CCO)c(C2CCN(c3ncnc4c3C(C)CC(=O)N4)CC2)n1. The summed E-state index contributed by atoms with van der Waals surface area (Å²) in [6, 6.07) is 0. The van der Waals surface area contributed by atoms with Gasteiger partial charge in [0.05, 0.1) is 12.3 Å². The third kappa shape index (κ3) is 4.19. The lowest BCUT2D eigenvalue weighted by molar-refractivity contribution is -0.116. The Morgan fingerprint density at radius 2 is 2.07 bits per heavy atom. The van der Waals surface area contributed by atoms with Gasteiger partial charge in [-0.1, -0.05) is 20.3 Å². The zero-order chi connectivity index (χ0) is 21.1. The Balaban J connectivity index is 1.49. The molecule has 1 fully saturated rings. The van der Waals surface area contributed by atoms with Crippen LogP contribution in [0.1, 0.15) is 74.9 Å². The molecule has 1 atom stereocenters. The predicted molar refractivity (Wildman–Crippen MR) is 116 cm³/mol. The summed E-state index contributed by atoms with van der Waals surface area (Å²) in [5, 5.41) is 12.4. The highest BCUT2D eigenvalue weighted by Gasteiger charge is 2.31. The molecule has 8 heteroatoms. The van der Waals surface area contributed by atoms with Crippen molar-refractivity contribution in [2.45, 2.75) is 70.8 Å². The van der Waals surface area contributed by atoms with E-state index in [0.717, 1.165) is 68.1 Å². The number of imidazole rings is 1. The molecular formula is C22H32N6O2. The first kappa shape index (κ1) is 20.8. The van der Waals surface area contributed by atoms with Gasteiger partial charge in [-0.3, -0.25) is 4.79 Å². The second-order valence-electron chi connectivity index (χ2n) is 8.49. The second kappa shape index (κ2) is 9.12. The minimum Gasteiger partial charge on any atom is -0.395 e. The second-order valence-corrected chi connectivity index (χ2v) is 8.49. The maximum Gasteiger partial charge on any atom is 0.226 e. The van der Waals surface area contributed by atoms with E-state index in [-0.39, 0.29) is 18.4 Å². The van der Waals surface area contributed by atoms with Crippen LogP contribution in [0.15, 0.2) is 12.5 Å². The van der Waals surface area contributed by atoms with E-state index in [2.05, 4.69) is 44.8 Å². The molecular weight excluding hydrogens is 380 g/mol. The number of anilines is 2. The Bertz CT molecular complexity index is 888. The Hall–Kier alpha value is -2.48. The summed E-state index contributed by atoms with van der Waals surface area (Å²) in [4.78, 5) is 28.0. The molecule has 2 N–H and O–H groups in total. The van der Waals surface area contributed by atoms with E-state index < -0.39 is 0 Å². The molecule has 2 aromatic heterocycles. The number of rotatable bonds is 7. The Morgan fingerprint density at radius 3 is 2.80 bits per heavy atom. The van der Waals surface area contributed by atoms with Crippen molar-refractivity contribution in [1.29, 1.82) is 0 Å². The average Bonchev–Trinajstić information content (AvgIpc) is 3.14. The molecule has 2 aliphatic heterocycles. The summed E-state index contributed by atoms with van der Waals surface area (Å²) in [6.07, 6.45) is 9.43. The number of carbonyl (C=O) groups excluding carboxylic acids is 1. The van der Waals surface area contributed by atoms with Crippen molar-refractivity contribution in [1.82, 2.24) is 19.5 Å². The summed E-state index contributed by atoms with van der Waals surface area (Å²) in [5.74, 6) is 3.25. The van der Waals surface area contributed by atoms with Crippen molar-refractivity contribution in [2.24, 2.45) is 0 Å². The Kier molecular flexibility index (Phi) is 6.32. The number of aliphatic hydroxyl groups is 1. The summed E-state index contributed by atoms with van der Waals surface area (Å²) < 4.78 is 2.15. The normalized spacial score (nSPS) is 19.6. The molecule has 0 bridgehead atoms. The molecule has 1 unspecified atom stereocenters. The van der Waals surface area contributed by atoms with Gasteiger partial charge in [-0.2, -0.15) is 0 Å². The smallest absolute Gasteiger partial charge is 0.226 e. The molecule has 162 valence electrons. The number of nitrogens with one attached hydrogen (secondary N) is 1. The molecule has 2 aliphatic rings. The zero-order valence-corrected chi connectivity index (χ0v) is 18.0. The monoisotopic (exact) mass is 412 g/mol. The largest absolute Gasteiger partial charge is 0.395 e. The fourth-order valence-electron chi connectivity index (χ4n) is 4.68. The fraction of sp³-hybridized carbons (Fsp3) is 0.636. The van der Waals surface area contributed by atoms with Crippen LogP contribution in [-0.2, 0) is 17.8 Å². The number of carbonyl (C=O) groups is 1. The first-order valence-corrected chi connectivity index (χ1v) is 11.2. The molecule has 0 aromatic carbocycles. The van der Waals surface area contributed by atoms with Gasteiger partial charge in [-0.25, -0.2) is 15.0 Å². The van der Waals surface area contributed by atoms with Crippen molar-refractivity contribution in [3.63, 3.8) is 0 Å². The van der Waals surface area contributed by atoms with E-state index in [4.69, 9.17) is 4.98 Å². The number of hydrogen-bond donors (Lipinski definition) is 2. The van der Waals surface area contributed by atoms with Crippen LogP contribution < -0.4 is 10.2 Å². The lowest BCUT2D eigenvalue weighted by atomic mass is 9.92. The van der Waals surface area contributed by atoms with E-state index in [9.17, 15) is 9.90 Å². The van der Waals surface area contributed by atoms with Crippen LogP contribution in [0.25, 0.3) is 0 Å².